The van der Waals surface area contributed by atoms with Gasteiger partial charge in [0.05, 0.1) is 0 Å². The largest absolute Gasteiger partial charge is 0.330 e. The van der Waals surface area contributed by atoms with Crippen molar-refractivity contribution in [3.63, 3.8) is 0 Å². The van der Waals surface area contributed by atoms with Crippen LogP contribution in [0, 0.1) is 23.4 Å². The fourth-order valence-electron chi connectivity index (χ4n) is 1.54. The van der Waals surface area contributed by atoms with Crippen LogP contribution in [0.2, 0.25) is 0 Å². The summed E-state index contributed by atoms with van der Waals surface area (Å²) in [7, 11) is -3.18. The Morgan fingerprint density at radius 2 is 1.74 bits per heavy atom. The highest BCUT2D eigenvalue weighted by Gasteiger charge is 2.29. The molecule has 0 aliphatic carbocycles. The lowest BCUT2D eigenvalue weighted by Gasteiger charge is -2.20. The van der Waals surface area contributed by atoms with E-state index in [0.29, 0.717) is 12.1 Å². The van der Waals surface area contributed by atoms with Crippen LogP contribution in [0.3, 0.4) is 0 Å². The van der Waals surface area contributed by atoms with Crippen LogP contribution < -0.4 is 5.73 Å². The van der Waals surface area contributed by atoms with Gasteiger partial charge in [-0.15, -0.1) is 0 Å². The van der Waals surface area contributed by atoms with Gasteiger partial charge in [0.2, 0.25) is 10.0 Å². The number of nitrogens with two attached hydrogens (primary N) is 1. The van der Waals surface area contributed by atoms with E-state index in [0.717, 1.165) is 4.31 Å². The third-order valence-electron chi connectivity index (χ3n) is 2.60. The second-order valence-corrected chi connectivity index (χ2v) is 6.31. The molecule has 0 radical (unpaired) electrons. The van der Waals surface area contributed by atoms with Gasteiger partial charge in [0.15, 0.2) is 4.90 Å². The first-order valence-electron chi connectivity index (χ1n) is 5.51. The second-order valence-electron chi connectivity index (χ2n) is 4.32. The molecular weight excluding hydrogens is 281 g/mol. The third kappa shape index (κ3) is 3.46. The highest BCUT2D eigenvalue weighted by Crippen LogP contribution is 2.23. The van der Waals surface area contributed by atoms with E-state index in [1.807, 2.05) is 0 Å². The molecule has 0 spiro atoms. The summed E-state index contributed by atoms with van der Waals surface area (Å²) in [6.45, 7) is 1.94. The minimum absolute atomic E-state index is 0.00902. The van der Waals surface area contributed by atoms with Gasteiger partial charge >= 0.3 is 0 Å². The first-order valence-corrected chi connectivity index (χ1v) is 6.95. The van der Waals surface area contributed by atoms with Crippen molar-refractivity contribution < 1.29 is 21.6 Å². The topological polar surface area (TPSA) is 63.4 Å². The molecule has 0 bridgehead atoms. The lowest BCUT2D eigenvalue weighted by Crippen LogP contribution is -2.34. The van der Waals surface area contributed by atoms with E-state index in [9.17, 15) is 21.6 Å². The fourth-order valence-corrected chi connectivity index (χ4v) is 2.92. The maximum absolute atomic E-state index is 13.5. The van der Waals surface area contributed by atoms with Crippen molar-refractivity contribution in [2.45, 2.75) is 11.8 Å². The minimum atomic E-state index is -4.36. The average Bonchev–Trinajstić information content (AvgIpc) is 2.26. The summed E-state index contributed by atoms with van der Waals surface area (Å²) in [4.78, 5) is -1.15. The average molecular weight is 296 g/mol. The van der Waals surface area contributed by atoms with Crippen molar-refractivity contribution in [2.75, 3.05) is 20.1 Å². The van der Waals surface area contributed by atoms with Gasteiger partial charge in [-0.05, 0) is 12.5 Å². The minimum Gasteiger partial charge on any atom is -0.330 e. The molecule has 0 saturated carbocycles. The van der Waals surface area contributed by atoms with Crippen LogP contribution in [0.1, 0.15) is 6.92 Å². The zero-order valence-electron chi connectivity index (χ0n) is 10.5. The van der Waals surface area contributed by atoms with Gasteiger partial charge in [0.25, 0.3) is 0 Å². The van der Waals surface area contributed by atoms with Gasteiger partial charge in [-0.3, -0.25) is 0 Å². The summed E-state index contributed by atoms with van der Waals surface area (Å²) in [5, 5.41) is 0. The Kier molecular flexibility index (Phi) is 4.94. The fraction of sp³-hybridized carbons (Fsp3) is 0.455. The lowest BCUT2D eigenvalue weighted by molar-refractivity contribution is 0.397. The first-order chi connectivity index (χ1) is 8.70. The van der Waals surface area contributed by atoms with Crippen molar-refractivity contribution in [1.29, 1.82) is 0 Å². The molecule has 1 aromatic rings. The van der Waals surface area contributed by atoms with E-state index in [1.165, 1.54) is 7.05 Å². The molecule has 0 saturated heterocycles. The number of rotatable bonds is 5. The van der Waals surface area contributed by atoms with E-state index < -0.39 is 32.4 Å². The highest BCUT2D eigenvalue weighted by atomic mass is 32.2. The van der Waals surface area contributed by atoms with Crippen LogP contribution in [0.25, 0.3) is 0 Å². The highest BCUT2D eigenvalue weighted by molar-refractivity contribution is 7.89. The zero-order valence-corrected chi connectivity index (χ0v) is 11.3. The van der Waals surface area contributed by atoms with Gasteiger partial charge in [-0.25, -0.2) is 25.9 Å². The van der Waals surface area contributed by atoms with Gasteiger partial charge in [0, 0.05) is 25.7 Å². The monoisotopic (exact) mass is 296 g/mol. The van der Waals surface area contributed by atoms with E-state index in [4.69, 9.17) is 5.73 Å². The standard InChI is InChI=1S/C11H15F3N2O2S/c1-7(5-15)6-16(2)19(17,18)11-9(13)3-8(12)4-10(11)14/h3-4,7H,5-6,15H2,1-2H3. The molecule has 2 N–H and O–H groups in total. The molecule has 0 heterocycles. The lowest BCUT2D eigenvalue weighted by atomic mass is 10.2. The Hall–Kier alpha value is -1.12. The van der Waals surface area contributed by atoms with E-state index in [2.05, 4.69) is 0 Å². The van der Waals surface area contributed by atoms with Crippen molar-refractivity contribution in [3.8, 4) is 0 Å². The molecule has 0 aromatic heterocycles. The molecule has 1 aromatic carbocycles. The predicted molar refractivity (Wildman–Crippen MR) is 64.4 cm³/mol. The van der Waals surface area contributed by atoms with Crippen LogP contribution in [0.4, 0.5) is 13.2 Å². The molecular formula is C11H15F3N2O2S. The van der Waals surface area contributed by atoms with Crippen LogP contribution >= 0.6 is 0 Å². The van der Waals surface area contributed by atoms with Crippen molar-refractivity contribution in [1.82, 2.24) is 4.31 Å². The smallest absolute Gasteiger partial charge is 0.248 e. The normalized spacial score (nSPS) is 13.8. The summed E-state index contributed by atoms with van der Waals surface area (Å²) in [6.07, 6.45) is 0. The maximum atomic E-state index is 13.5. The molecule has 0 amide bonds. The second kappa shape index (κ2) is 5.89. The van der Waals surface area contributed by atoms with Crippen molar-refractivity contribution >= 4 is 10.0 Å². The first kappa shape index (κ1) is 15.9. The summed E-state index contributed by atoms with van der Waals surface area (Å²) in [5.74, 6) is -4.26. The van der Waals surface area contributed by atoms with Crippen molar-refractivity contribution in [3.05, 3.63) is 29.6 Å². The molecule has 108 valence electrons. The summed E-state index contributed by atoms with van der Waals surface area (Å²) >= 11 is 0. The molecule has 1 unspecified atom stereocenters. The molecule has 8 heteroatoms. The van der Waals surface area contributed by atoms with Crippen LogP contribution in [-0.2, 0) is 10.0 Å². The zero-order chi connectivity index (χ0) is 14.8. The molecule has 1 atom stereocenters. The Labute approximate surface area is 110 Å². The quantitative estimate of drug-likeness (QED) is 0.891. The summed E-state index contributed by atoms with van der Waals surface area (Å²) < 4.78 is 64.5. The Morgan fingerprint density at radius 1 is 1.26 bits per heavy atom. The molecule has 1 rings (SSSR count). The Bertz CT molecular complexity index is 540. The number of hydrogen-bond acceptors (Lipinski definition) is 3. The van der Waals surface area contributed by atoms with E-state index >= 15 is 0 Å². The van der Waals surface area contributed by atoms with Gasteiger partial charge in [0.1, 0.15) is 17.5 Å². The number of sulfonamides is 1. The van der Waals surface area contributed by atoms with Gasteiger partial charge in [-0.2, -0.15) is 0 Å². The SMILES string of the molecule is CC(CN)CN(C)S(=O)(=O)c1c(F)cc(F)cc1F. The summed E-state index contributed by atoms with van der Waals surface area (Å²) in [6, 6.07) is 0.659. The summed E-state index contributed by atoms with van der Waals surface area (Å²) in [5.41, 5.74) is 5.36. The molecule has 0 fully saturated rings. The predicted octanol–water partition coefficient (Wildman–Crippen LogP) is 1.32. The molecule has 19 heavy (non-hydrogen) atoms. The maximum Gasteiger partial charge on any atom is 0.248 e. The third-order valence-corrected chi connectivity index (χ3v) is 4.48. The van der Waals surface area contributed by atoms with Crippen molar-refractivity contribution in [2.24, 2.45) is 11.7 Å². The van der Waals surface area contributed by atoms with Crippen LogP contribution in [0.5, 0.6) is 0 Å². The van der Waals surface area contributed by atoms with Gasteiger partial charge < -0.3 is 5.73 Å². The molecule has 4 nitrogen and oxygen atoms in total. The number of hydrogen-bond donors (Lipinski definition) is 1. The van der Waals surface area contributed by atoms with Crippen LogP contribution in [-0.4, -0.2) is 32.9 Å². The Balaban J connectivity index is 3.21. The van der Waals surface area contributed by atoms with Crippen LogP contribution in [0.15, 0.2) is 17.0 Å². The number of halogens is 3. The number of nitrogens with zero attached hydrogens (tertiary/aromatic N) is 1. The van der Waals surface area contributed by atoms with E-state index in [-0.39, 0.29) is 19.0 Å². The molecule has 0 aliphatic rings. The molecule has 0 aliphatic heterocycles. The van der Waals surface area contributed by atoms with Gasteiger partial charge in [-0.1, -0.05) is 6.92 Å². The Morgan fingerprint density at radius 3 is 2.16 bits per heavy atom. The van der Waals surface area contributed by atoms with E-state index in [1.54, 1.807) is 6.92 Å². The number of benzene rings is 1.